The van der Waals surface area contributed by atoms with Gasteiger partial charge in [-0.1, -0.05) is 33.3 Å². The van der Waals surface area contributed by atoms with Gasteiger partial charge in [0.15, 0.2) is 5.13 Å². The Kier molecular flexibility index (Phi) is 3.86. The second-order valence-electron chi connectivity index (χ2n) is 4.46. The topological polar surface area (TPSA) is 24.9 Å². The van der Waals surface area contributed by atoms with Crippen molar-refractivity contribution in [2.45, 2.75) is 19.4 Å². The van der Waals surface area contributed by atoms with E-state index in [4.69, 9.17) is 0 Å². The van der Waals surface area contributed by atoms with Crippen LogP contribution in [-0.4, -0.2) is 11.0 Å². The maximum absolute atomic E-state index is 4.62. The molecule has 3 rings (SSSR count). The van der Waals surface area contributed by atoms with Crippen molar-refractivity contribution in [1.29, 1.82) is 0 Å². The van der Waals surface area contributed by atoms with Crippen LogP contribution < -0.4 is 5.32 Å². The molecule has 0 saturated heterocycles. The fourth-order valence-electron chi connectivity index (χ4n) is 1.95. The third-order valence-corrected chi connectivity index (χ3v) is 5.17. The fourth-order valence-corrected chi connectivity index (χ4v) is 4.10. The standard InChI is InChI=1S/C14H13BrN2S2/c1-9(7-11-3-2-6-18-11)16-14-17-12-8-10(15)4-5-13(12)19-14/h2-6,8-9H,7H2,1H3,(H,16,17). The van der Waals surface area contributed by atoms with Crippen molar-refractivity contribution in [3.63, 3.8) is 0 Å². The van der Waals surface area contributed by atoms with Gasteiger partial charge in [0.05, 0.1) is 10.2 Å². The van der Waals surface area contributed by atoms with Crippen LogP contribution in [0.15, 0.2) is 40.2 Å². The van der Waals surface area contributed by atoms with Gasteiger partial charge in [0, 0.05) is 21.8 Å². The normalized spacial score (nSPS) is 12.7. The lowest BCUT2D eigenvalue weighted by atomic mass is 10.2. The number of aromatic nitrogens is 1. The summed E-state index contributed by atoms with van der Waals surface area (Å²) in [5.74, 6) is 0. The molecule has 98 valence electrons. The van der Waals surface area contributed by atoms with E-state index in [0.717, 1.165) is 21.5 Å². The number of fused-ring (bicyclic) bond motifs is 1. The number of halogens is 1. The first kappa shape index (κ1) is 13.1. The summed E-state index contributed by atoms with van der Waals surface area (Å²) in [7, 11) is 0. The molecule has 0 spiro atoms. The van der Waals surface area contributed by atoms with Crippen LogP contribution in [0.1, 0.15) is 11.8 Å². The maximum atomic E-state index is 4.62. The summed E-state index contributed by atoms with van der Waals surface area (Å²) in [5, 5.41) is 6.61. The molecule has 1 unspecified atom stereocenters. The first-order valence-corrected chi connectivity index (χ1v) is 8.54. The zero-order chi connectivity index (χ0) is 13.2. The third-order valence-electron chi connectivity index (χ3n) is 2.81. The van der Waals surface area contributed by atoms with Crippen LogP contribution in [0.25, 0.3) is 10.2 Å². The van der Waals surface area contributed by atoms with Crippen LogP contribution in [0.5, 0.6) is 0 Å². The number of hydrogen-bond donors (Lipinski definition) is 1. The SMILES string of the molecule is CC(Cc1cccs1)Nc1nc2cc(Br)ccc2s1. The summed E-state index contributed by atoms with van der Waals surface area (Å²) < 4.78 is 2.29. The number of thiophene rings is 1. The van der Waals surface area contributed by atoms with Gasteiger partial charge < -0.3 is 5.32 Å². The van der Waals surface area contributed by atoms with E-state index in [0.29, 0.717) is 6.04 Å². The van der Waals surface area contributed by atoms with Crippen molar-refractivity contribution in [2.75, 3.05) is 5.32 Å². The molecular formula is C14H13BrN2S2. The maximum Gasteiger partial charge on any atom is 0.184 e. The van der Waals surface area contributed by atoms with Crippen LogP contribution in [0, 0.1) is 0 Å². The highest BCUT2D eigenvalue weighted by molar-refractivity contribution is 9.10. The minimum Gasteiger partial charge on any atom is -0.359 e. The average molecular weight is 353 g/mol. The van der Waals surface area contributed by atoms with Crippen LogP contribution in [0.3, 0.4) is 0 Å². The highest BCUT2D eigenvalue weighted by Gasteiger charge is 2.08. The zero-order valence-electron chi connectivity index (χ0n) is 10.4. The Balaban J connectivity index is 1.74. The Morgan fingerprint density at radius 3 is 3.05 bits per heavy atom. The second kappa shape index (κ2) is 5.61. The Labute approximate surface area is 128 Å². The molecule has 0 aliphatic carbocycles. The van der Waals surface area contributed by atoms with E-state index in [1.807, 2.05) is 0 Å². The van der Waals surface area contributed by atoms with E-state index in [1.165, 1.54) is 9.58 Å². The van der Waals surface area contributed by atoms with Crippen LogP contribution in [0.2, 0.25) is 0 Å². The number of benzene rings is 1. The highest BCUT2D eigenvalue weighted by atomic mass is 79.9. The smallest absolute Gasteiger partial charge is 0.184 e. The van der Waals surface area contributed by atoms with Crippen molar-refractivity contribution in [2.24, 2.45) is 0 Å². The molecule has 2 heterocycles. The van der Waals surface area contributed by atoms with Crippen LogP contribution >= 0.6 is 38.6 Å². The zero-order valence-corrected chi connectivity index (χ0v) is 13.6. The largest absolute Gasteiger partial charge is 0.359 e. The van der Waals surface area contributed by atoms with E-state index < -0.39 is 0 Å². The molecule has 0 bridgehead atoms. The first-order valence-electron chi connectivity index (χ1n) is 6.06. The van der Waals surface area contributed by atoms with Gasteiger partial charge in [0.1, 0.15) is 0 Å². The van der Waals surface area contributed by atoms with Gasteiger partial charge in [-0.05, 0) is 36.6 Å². The number of rotatable bonds is 4. The minimum atomic E-state index is 0.391. The molecule has 1 atom stereocenters. The molecule has 1 aromatic carbocycles. The molecular weight excluding hydrogens is 340 g/mol. The summed E-state index contributed by atoms with van der Waals surface area (Å²) in [6, 6.07) is 10.9. The molecule has 19 heavy (non-hydrogen) atoms. The molecule has 1 N–H and O–H groups in total. The van der Waals surface area contributed by atoms with E-state index in [1.54, 1.807) is 22.7 Å². The predicted octanol–water partition coefficient (Wildman–Crippen LogP) is 5.16. The Hall–Kier alpha value is -0.910. The van der Waals surface area contributed by atoms with Gasteiger partial charge >= 0.3 is 0 Å². The lowest BCUT2D eigenvalue weighted by molar-refractivity contribution is 0.799. The van der Waals surface area contributed by atoms with E-state index in [-0.39, 0.29) is 0 Å². The second-order valence-corrected chi connectivity index (χ2v) is 7.44. The minimum absolute atomic E-state index is 0.391. The van der Waals surface area contributed by atoms with Crippen LogP contribution in [0.4, 0.5) is 5.13 Å². The Morgan fingerprint density at radius 1 is 1.37 bits per heavy atom. The number of nitrogens with one attached hydrogen (secondary N) is 1. The van der Waals surface area contributed by atoms with Gasteiger partial charge in [-0.15, -0.1) is 11.3 Å². The summed E-state index contributed by atoms with van der Waals surface area (Å²) in [5.41, 5.74) is 1.05. The van der Waals surface area contributed by atoms with Crippen molar-refractivity contribution in [3.8, 4) is 0 Å². The molecule has 0 amide bonds. The van der Waals surface area contributed by atoms with E-state index >= 15 is 0 Å². The summed E-state index contributed by atoms with van der Waals surface area (Å²) >= 11 is 6.99. The summed E-state index contributed by atoms with van der Waals surface area (Å²) in [4.78, 5) is 6.03. The molecule has 2 aromatic heterocycles. The molecule has 0 saturated carbocycles. The average Bonchev–Trinajstić information content (AvgIpc) is 2.97. The first-order chi connectivity index (χ1) is 9.20. The fraction of sp³-hybridized carbons (Fsp3) is 0.214. The third kappa shape index (κ3) is 3.16. The summed E-state index contributed by atoms with van der Waals surface area (Å²) in [6.07, 6.45) is 1.04. The Bertz CT molecular complexity index is 676. The van der Waals surface area contributed by atoms with Gasteiger partial charge in [-0.25, -0.2) is 4.98 Å². The molecule has 3 aromatic rings. The summed E-state index contributed by atoms with van der Waals surface area (Å²) in [6.45, 7) is 2.20. The molecule has 2 nitrogen and oxygen atoms in total. The van der Waals surface area contributed by atoms with Gasteiger partial charge in [0.25, 0.3) is 0 Å². The number of anilines is 1. The van der Waals surface area contributed by atoms with Gasteiger partial charge in [-0.3, -0.25) is 0 Å². The van der Waals surface area contributed by atoms with Gasteiger partial charge in [0.2, 0.25) is 0 Å². The molecule has 5 heteroatoms. The van der Waals surface area contributed by atoms with E-state index in [2.05, 4.69) is 68.9 Å². The number of hydrogen-bond acceptors (Lipinski definition) is 4. The monoisotopic (exact) mass is 352 g/mol. The van der Waals surface area contributed by atoms with Crippen LogP contribution in [-0.2, 0) is 6.42 Å². The van der Waals surface area contributed by atoms with Crippen molar-refractivity contribution in [1.82, 2.24) is 4.98 Å². The highest BCUT2D eigenvalue weighted by Crippen LogP contribution is 2.28. The molecule has 0 aliphatic rings. The van der Waals surface area contributed by atoms with Crippen molar-refractivity contribution >= 4 is 54.0 Å². The molecule has 0 aliphatic heterocycles. The molecule has 0 fully saturated rings. The lowest BCUT2D eigenvalue weighted by Crippen LogP contribution is -2.17. The number of thiazole rings is 1. The Morgan fingerprint density at radius 2 is 2.26 bits per heavy atom. The quantitative estimate of drug-likeness (QED) is 0.700. The van der Waals surface area contributed by atoms with Crippen molar-refractivity contribution < 1.29 is 0 Å². The van der Waals surface area contributed by atoms with Gasteiger partial charge in [-0.2, -0.15) is 0 Å². The van der Waals surface area contributed by atoms with Crippen molar-refractivity contribution in [3.05, 3.63) is 45.1 Å². The number of nitrogens with zero attached hydrogens (tertiary/aromatic N) is 1. The van der Waals surface area contributed by atoms with E-state index in [9.17, 15) is 0 Å². The predicted molar refractivity (Wildman–Crippen MR) is 88.4 cm³/mol. The lowest BCUT2D eigenvalue weighted by Gasteiger charge is -2.11. The molecule has 0 radical (unpaired) electrons.